The normalized spacial score (nSPS) is 40.4. The van der Waals surface area contributed by atoms with E-state index in [4.69, 9.17) is 4.74 Å². The Morgan fingerprint density at radius 1 is 1.33 bits per heavy atom. The summed E-state index contributed by atoms with van der Waals surface area (Å²) in [6, 6.07) is 0. The number of carbonyl (C=O) groups excluding carboxylic acids is 1. The fourth-order valence-electron chi connectivity index (χ4n) is 3.26. The fourth-order valence-corrected chi connectivity index (χ4v) is 3.26. The number of rotatable bonds is 1. The fraction of sp³-hybridized carbons (Fsp3) is 0.917. The highest BCUT2D eigenvalue weighted by Gasteiger charge is 2.54. The Kier molecular flexibility index (Phi) is 3.58. The maximum absolute atomic E-state index is 12.8. The summed E-state index contributed by atoms with van der Waals surface area (Å²) in [5.74, 6) is -2.74. The number of methoxy groups -OCH3 is 1. The number of hydrogen-bond donors (Lipinski definition) is 0. The third-order valence-corrected chi connectivity index (χ3v) is 4.15. The van der Waals surface area contributed by atoms with Gasteiger partial charge >= 0.3 is 12.1 Å². The minimum absolute atomic E-state index is 0.0357. The lowest BCUT2D eigenvalue weighted by molar-refractivity contribution is -0.201. The van der Waals surface area contributed by atoms with Gasteiger partial charge in [-0.3, -0.25) is 4.79 Å². The summed E-state index contributed by atoms with van der Waals surface area (Å²) in [6.45, 7) is 2.34. The average Bonchev–Trinajstić information content (AvgIpc) is 2.68. The lowest BCUT2D eigenvalue weighted by Gasteiger charge is -2.38. The van der Waals surface area contributed by atoms with Gasteiger partial charge < -0.3 is 9.47 Å². The molecule has 5 atom stereocenters. The average molecular weight is 266 g/mol. The quantitative estimate of drug-likeness (QED) is 0.684. The van der Waals surface area contributed by atoms with E-state index in [1.54, 1.807) is 0 Å². The third kappa shape index (κ3) is 2.35. The zero-order valence-electron chi connectivity index (χ0n) is 10.4. The summed E-state index contributed by atoms with van der Waals surface area (Å²) < 4.78 is 48.5. The molecule has 0 aromatic carbocycles. The van der Waals surface area contributed by atoms with Gasteiger partial charge in [-0.15, -0.1) is 0 Å². The highest BCUT2D eigenvalue weighted by atomic mass is 19.4. The van der Waals surface area contributed by atoms with Gasteiger partial charge in [-0.1, -0.05) is 6.92 Å². The van der Waals surface area contributed by atoms with Crippen molar-refractivity contribution in [1.29, 1.82) is 0 Å². The zero-order chi connectivity index (χ0) is 13.5. The van der Waals surface area contributed by atoms with E-state index in [-0.39, 0.29) is 24.7 Å². The van der Waals surface area contributed by atoms with Crippen LogP contribution in [0.2, 0.25) is 0 Å². The lowest BCUT2D eigenvalue weighted by atomic mass is 9.69. The molecule has 1 aliphatic heterocycles. The van der Waals surface area contributed by atoms with Crippen molar-refractivity contribution in [3.05, 3.63) is 0 Å². The number of halogens is 3. The van der Waals surface area contributed by atoms with Crippen LogP contribution < -0.4 is 0 Å². The molecule has 6 heteroatoms. The van der Waals surface area contributed by atoms with E-state index in [1.807, 2.05) is 6.92 Å². The number of alkyl halides is 3. The molecule has 1 aliphatic carbocycles. The number of ether oxygens (including phenoxy) is 2. The van der Waals surface area contributed by atoms with Gasteiger partial charge in [-0.25, -0.2) is 0 Å². The van der Waals surface area contributed by atoms with Gasteiger partial charge in [0.15, 0.2) is 0 Å². The summed E-state index contributed by atoms with van der Waals surface area (Å²) >= 11 is 0. The highest BCUT2D eigenvalue weighted by Crippen LogP contribution is 2.48. The van der Waals surface area contributed by atoms with Crippen molar-refractivity contribution in [2.75, 3.05) is 13.7 Å². The number of hydrogen-bond acceptors (Lipinski definition) is 3. The summed E-state index contributed by atoms with van der Waals surface area (Å²) in [5, 5.41) is 0. The molecular weight excluding hydrogens is 249 g/mol. The first-order valence-electron chi connectivity index (χ1n) is 6.10. The van der Waals surface area contributed by atoms with Gasteiger partial charge in [0.1, 0.15) is 0 Å². The molecule has 0 spiro atoms. The monoisotopic (exact) mass is 266 g/mol. The Balaban J connectivity index is 2.21. The molecule has 0 aromatic rings. The predicted molar refractivity (Wildman–Crippen MR) is 56.7 cm³/mol. The largest absolute Gasteiger partial charge is 0.469 e. The predicted octanol–water partition coefficient (Wildman–Crippen LogP) is 2.40. The number of carbonyl (C=O) groups is 1. The third-order valence-electron chi connectivity index (χ3n) is 4.15. The molecule has 104 valence electrons. The molecule has 0 N–H and O–H groups in total. The molecule has 0 radical (unpaired) electrons. The Morgan fingerprint density at radius 3 is 2.56 bits per heavy atom. The van der Waals surface area contributed by atoms with E-state index in [9.17, 15) is 18.0 Å². The van der Waals surface area contributed by atoms with Gasteiger partial charge in [-0.05, 0) is 18.8 Å². The van der Waals surface area contributed by atoms with Gasteiger partial charge in [0.25, 0.3) is 0 Å². The van der Waals surface area contributed by atoms with E-state index in [0.717, 1.165) is 0 Å². The molecule has 1 saturated carbocycles. The summed E-state index contributed by atoms with van der Waals surface area (Å²) in [4.78, 5) is 11.7. The molecule has 0 aromatic heterocycles. The van der Waals surface area contributed by atoms with Crippen LogP contribution in [0.25, 0.3) is 0 Å². The van der Waals surface area contributed by atoms with E-state index < -0.39 is 30.1 Å². The smallest absolute Gasteiger partial charge is 0.391 e. The van der Waals surface area contributed by atoms with Crippen LogP contribution >= 0.6 is 0 Å². The van der Waals surface area contributed by atoms with Crippen LogP contribution in [0, 0.1) is 23.7 Å². The summed E-state index contributed by atoms with van der Waals surface area (Å²) in [5.41, 5.74) is 0. The van der Waals surface area contributed by atoms with Gasteiger partial charge in [-0.2, -0.15) is 13.2 Å². The Hall–Kier alpha value is -0.780. The van der Waals surface area contributed by atoms with E-state index >= 15 is 0 Å². The molecule has 0 unspecified atom stereocenters. The first kappa shape index (κ1) is 13.6. The second-order valence-corrected chi connectivity index (χ2v) is 5.27. The van der Waals surface area contributed by atoms with E-state index in [0.29, 0.717) is 6.61 Å². The van der Waals surface area contributed by atoms with Crippen molar-refractivity contribution in [3.8, 4) is 0 Å². The van der Waals surface area contributed by atoms with Crippen LogP contribution in [0.15, 0.2) is 0 Å². The molecule has 2 rings (SSSR count). The van der Waals surface area contributed by atoms with Gasteiger partial charge in [0, 0.05) is 12.5 Å². The molecule has 18 heavy (non-hydrogen) atoms. The zero-order valence-corrected chi connectivity index (χ0v) is 10.4. The van der Waals surface area contributed by atoms with Crippen molar-refractivity contribution in [1.82, 2.24) is 0 Å². The van der Waals surface area contributed by atoms with Crippen LogP contribution in [0.3, 0.4) is 0 Å². The first-order chi connectivity index (χ1) is 8.34. The van der Waals surface area contributed by atoms with Crippen LogP contribution in [0.1, 0.15) is 19.8 Å². The maximum atomic E-state index is 12.8. The molecule has 0 bridgehead atoms. The molecule has 3 nitrogen and oxygen atoms in total. The van der Waals surface area contributed by atoms with Crippen LogP contribution in [0.4, 0.5) is 13.2 Å². The second-order valence-electron chi connectivity index (χ2n) is 5.27. The van der Waals surface area contributed by atoms with Crippen molar-refractivity contribution >= 4 is 5.97 Å². The van der Waals surface area contributed by atoms with Gasteiger partial charge in [0.05, 0.1) is 25.0 Å². The standard InChI is InChI=1S/C12H17F3O3/c1-6-5-18-9-4-7(12(13,14)15)3-8(10(6)9)11(16)17-2/h6-10H,3-5H2,1-2H3/t6-,7-,8+,9-,10-/m0/s1. The highest BCUT2D eigenvalue weighted by molar-refractivity contribution is 5.73. The molecule has 2 aliphatic rings. The minimum Gasteiger partial charge on any atom is -0.469 e. The number of fused-ring (bicyclic) bond motifs is 1. The van der Waals surface area contributed by atoms with E-state index in [2.05, 4.69) is 4.74 Å². The van der Waals surface area contributed by atoms with Crippen molar-refractivity contribution in [2.24, 2.45) is 23.7 Å². The van der Waals surface area contributed by atoms with Crippen molar-refractivity contribution < 1.29 is 27.4 Å². The Labute approximate surface area is 104 Å². The first-order valence-corrected chi connectivity index (χ1v) is 6.10. The Morgan fingerprint density at radius 2 is 2.00 bits per heavy atom. The summed E-state index contributed by atoms with van der Waals surface area (Å²) in [7, 11) is 1.22. The van der Waals surface area contributed by atoms with Gasteiger partial charge in [0.2, 0.25) is 0 Å². The molecule has 2 fully saturated rings. The molecule has 0 amide bonds. The SMILES string of the molecule is COC(=O)[C@@H]1C[C@H](C(F)(F)F)C[C@@H]2OC[C@H](C)[C@H]21. The molecule has 1 saturated heterocycles. The summed E-state index contributed by atoms with van der Waals surface area (Å²) in [6.07, 6.45) is -4.95. The van der Waals surface area contributed by atoms with Crippen LogP contribution in [0.5, 0.6) is 0 Å². The second kappa shape index (κ2) is 4.72. The Bertz CT molecular complexity index is 329. The van der Waals surface area contributed by atoms with Crippen molar-refractivity contribution in [2.45, 2.75) is 32.0 Å². The lowest BCUT2D eigenvalue weighted by Crippen LogP contribution is -2.44. The van der Waals surface area contributed by atoms with Crippen molar-refractivity contribution in [3.63, 3.8) is 0 Å². The maximum Gasteiger partial charge on any atom is 0.391 e. The topological polar surface area (TPSA) is 35.5 Å². The molecule has 1 heterocycles. The number of esters is 1. The molecular formula is C12H17F3O3. The van der Waals surface area contributed by atoms with Crippen LogP contribution in [-0.4, -0.2) is 32.0 Å². The minimum atomic E-state index is -4.27. The van der Waals surface area contributed by atoms with E-state index in [1.165, 1.54) is 7.11 Å². The van der Waals surface area contributed by atoms with Crippen LogP contribution in [-0.2, 0) is 14.3 Å².